The van der Waals surface area contributed by atoms with E-state index < -0.39 is 0 Å². The number of likely N-dealkylation sites (N-methyl/N-ethyl adjacent to an activating group) is 1. The molecule has 1 aromatic heterocycles. The van der Waals surface area contributed by atoms with Gasteiger partial charge in [-0.1, -0.05) is 6.92 Å². The largest absolute Gasteiger partial charge is 0.378 e. The van der Waals surface area contributed by atoms with E-state index in [0.717, 1.165) is 24.6 Å². The molecule has 1 saturated heterocycles. The highest BCUT2D eigenvalue weighted by atomic mass is 16.5. The van der Waals surface area contributed by atoms with Crippen LogP contribution in [0.3, 0.4) is 0 Å². The van der Waals surface area contributed by atoms with Crippen LogP contribution in [-0.4, -0.2) is 47.7 Å². The topological polar surface area (TPSA) is 50.3 Å². The summed E-state index contributed by atoms with van der Waals surface area (Å²) in [6.07, 6.45) is 4.17. The van der Waals surface area contributed by atoms with Gasteiger partial charge in [0, 0.05) is 25.8 Å². The van der Waals surface area contributed by atoms with Crippen LogP contribution in [0.4, 0.5) is 5.82 Å². The summed E-state index contributed by atoms with van der Waals surface area (Å²) in [5.74, 6) is 0.889. The van der Waals surface area contributed by atoms with Gasteiger partial charge in [0.05, 0.1) is 12.3 Å². The Kier molecular flexibility index (Phi) is 4.90. The fourth-order valence-corrected chi connectivity index (χ4v) is 2.49. The zero-order chi connectivity index (χ0) is 12.8. The molecule has 0 spiro atoms. The fourth-order valence-electron chi connectivity index (χ4n) is 2.49. The molecule has 0 bridgehead atoms. The summed E-state index contributed by atoms with van der Waals surface area (Å²) in [4.78, 5) is 10.9. The Balaban J connectivity index is 1.87. The molecule has 0 aromatic carbocycles. The average molecular weight is 250 g/mol. The molecule has 0 radical (unpaired) electrons. The molecular weight excluding hydrogens is 228 g/mol. The van der Waals surface area contributed by atoms with Gasteiger partial charge in [-0.2, -0.15) is 0 Å². The van der Waals surface area contributed by atoms with Crippen molar-refractivity contribution in [2.24, 2.45) is 0 Å². The number of hydrogen-bond acceptors (Lipinski definition) is 5. The second-order valence-electron chi connectivity index (χ2n) is 4.63. The Morgan fingerprint density at radius 2 is 2.39 bits per heavy atom. The molecular formula is C13H22N4O. The first-order valence-electron chi connectivity index (χ1n) is 6.61. The summed E-state index contributed by atoms with van der Waals surface area (Å²) in [5.41, 5.74) is 0.911. The molecule has 5 nitrogen and oxygen atoms in total. The number of ether oxygens (including phenoxy) is 1. The zero-order valence-corrected chi connectivity index (χ0v) is 11.2. The maximum Gasteiger partial charge on any atom is 0.129 e. The number of methoxy groups -OCH3 is 1. The van der Waals surface area contributed by atoms with Gasteiger partial charge < -0.3 is 10.1 Å². The molecule has 18 heavy (non-hydrogen) atoms. The monoisotopic (exact) mass is 250 g/mol. The van der Waals surface area contributed by atoms with Crippen LogP contribution in [0.5, 0.6) is 0 Å². The summed E-state index contributed by atoms with van der Waals surface area (Å²) < 4.78 is 5.07. The second-order valence-corrected chi connectivity index (χ2v) is 4.63. The summed E-state index contributed by atoms with van der Waals surface area (Å²) in [6.45, 7) is 6.06. The molecule has 0 aliphatic carbocycles. The number of nitrogens with zero attached hydrogens (tertiary/aromatic N) is 3. The minimum absolute atomic E-state index is 0.529. The van der Waals surface area contributed by atoms with Gasteiger partial charge in [0.15, 0.2) is 0 Å². The SMILES string of the molecule is CCN1CCC[C@@H]1CNc1cc(COC)ncn1. The molecule has 0 saturated carbocycles. The van der Waals surface area contributed by atoms with E-state index in [2.05, 4.69) is 27.1 Å². The quantitative estimate of drug-likeness (QED) is 0.829. The number of likely N-dealkylation sites (tertiary alicyclic amines) is 1. The molecule has 2 rings (SSSR count). The second kappa shape index (κ2) is 6.66. The number of rotatable bonds is 6. The van der Waals surface area contributed by atoms with Crippen molar-refractivity contribution in [3.8, 4) is 0 Å². The van der Waals surface area contributed by atoms with Crippen LogP contribution < -0.4 is 5.32 Å². The lowest BCUT2D eigenvalue weighted by Gasteiger charge is -2.23. The summed E-state index contributed by atoms with van der Waals surface area (Å²) in [5, 5.41) is 3.40. The first-order chi connectivity index (χ1) is 8.83. The minimum atomic E-state index is 0.529. The molecule has 0 unspecified atom stereocenters. The maximum absolute atomic E-state index is 5.07. The van der Waals surface area contributed by atoms with E-state index in [9.17, 15) is 0 Å². The van der Waals surface area contributed by atoms with Gasteiger partial charge in [0.25, 0.3) is 0 Å². The Morgan fingerprint density at radius 1 is 1.50 bits per heavy atom. The number of aromatic nitrogens is 2. The van der Waals surface area contributed by atoms with Crippen molar-refractivity contribution in [1.29, 1.82) is 0 Å². The maximum atomic E-state index is 5.07. The molecule has 1 atom stereocenters. The fraction of sp³-hybridized carbons (Fsp3) is 0.692. The predicted molar refractivity (Wildman–Crippen MR) is 71.5 cm³/mol. The van der Waals surface area contributed by atoms with Crippen molar-refractivity contribution < 1.29 is 4.74 Å². The number of nitrogens with one attached hydrogen (secondary N) is 1. The van der Waals surface area contributed by atoms with Crippen LogP contribution in [0.1, 0.15) is 25.5 Å². The third kappa shape index (κ3) is 3.40. The van der Waals surface area contributed by atoms with Crippen LogP contribution in [0.2, 0.25) is 0 Å². The Bertz CT molecular complexity index is 372. The van der Waals surface area contributed by atoms with E-state index in [1.165, 1.54) is 19.4 Å². The Hall–Kier alpha value is -1.20. The first-order valence-corrected chi connectivity index (χ1v) is 6.61. The van der Waals surface area contributed by atoms with Gasteiger partial charge in [0.1, 0.15) is 12.1 Å². The molecule has 2 heterocycles. The highest BCUT2D eigenvalue weighted by Gasteiger charge is 2.22. The predicted octanol–water partition coefficient (Wildman–Crippen LogP) is 1.52. The smallest absolute Gasteiger partial charge is 0.129 e. The summed E-state index contributed by atoms with van der Waals surface area (Å²) >= 11 is 0. The highest BCUT2D eigenvalue weighted by molar-refractivity contribution is 5.34. The standard InChI is InChI=1S/C13H22N4O/c1-3-17-6-4-5-12(17)8-14-13-7-11(9-18-2)15-10-16-13/h7,10,12H,3-6,8-9H2,1-2H3,(H,14,15,16)/t12-/m1/s1. The van der Waals surface area contributed by atoms with Crippen LogP contribution in [0, 0.1) is 0 Å². The first kappa shape index (κ1) is 13.2. The van der Waals surface area contributed by atoms with E-state index in [1.807, 2.05) is 6.07 Å². The summed E-state index contributed by atoms with van der Waals surface area (Å²) in [7, 11) is 1.67. The van der Waals surface area contributed by atoms with Crippen molar-refractivity contribution >= 4 is 5.82 Å². The lowest BCUT2D eigenvalue weighted by atomic mass is 10.2. The van der Waals surface area contributed by atoms with Gasteiger partial charge in [-0.3, -0.25) is 4.90 Å². The van der Waals surface area contributed by atoms with Crippen molar-refractivity contribution in [3.63, 3.8) is 0 Å². The molecule has 0 amide bonds. The van der Waals surface area contributed by atoms with Crippen LogP contribution in [-0.2, 0) is 11.3 Å². The average Bonchev–Trinajstić information content (AvgIpc) is 2.84. The molecule has 1 aliphatic rings. The van der Waals surface area contributed by atoms with E-state index >= 15 is 0 Å². The van der Waals surface area contributed by atoms with Crippen LogP contribution >= 0.6 is 0 Å². The Morgan fingerprint density at radius 3 is 3.17 bits per heavy atom. The van der Waals surface area contributed by atoms with Gasteiger partial charge in [0.2, 0.25) is 0 Å². The van der Waals surface area contributed by atoms with Crippen LogP contribution in [0.15, 0.2) is 12.4 Å². The van der Waals surface area contributed by atoms with Crippen molar-refractivity contribution in [2.75, 3.05) is 32.1 Å². The van der Waals surface area contributed by atoms with Gasteiger partial charge >= 0.3 is 0 Å². The van der Waals surface area contributed by atoms with Gasteiger partial charge in [-0.15, -0.1) is 0 Å². The third-order valence-electron chi connectivity index (χ3n) is 3.44. The molecule has 1 aliphatic heterocycles. The minimum Gasteiger partial charge on any atom is -0.378 e. The number of hydrogen-bond donors (Lipinski definition) is 1. The van der Waals surface area contributed by atoms with Gasteiger partial charge in [-0.25, -0.2) is 9.97 Å². The molecule has 1 aromatic rings. The van der Waals surface area contributed by atoms with E-state index in [-0.39, 0.29) is 0 Å². The van der Waals surface area contributed by atoms with Crippen molar-refractivity contribution in [1.82, 2.24) is 14.9 Å². The molecule has 1 N–H and O–H groups in total. The normalized spacial score (nSPS) is 20.2. The van der Waals surface area contributed by atoms with E-state index in [1.54, 1.807) is 13.4 Å². The lowest BCUT2D eigenvalue weighted by Crippen LogP contribution is -2.34. The molecule has 5 heteroatoms. The zero-order valence-electron chi connectivity index (χ0n) is 11.2. The van der Waals surface area contributed by atoms with Crippen molar-refractivity contribution in [3.05, 3.63) is 18.1 Å². The Labute approximate surface area is 109 Å². The van der Waals surface area contributed by atoms with E-state index in [4.69, 9.17) is 4.74 Å². The molecule has 1 fully saturated rings. The summed E-state index contributed by atoms with van der Waals surface area (Å²) in [6, 6.07) is 2.59. The van der Waals surface area contributed by atoms with Crippen molar-refractivity contribution in [2.45, 2.75) is 32.4 Å². The van der Waals surface area contributed by atoms with E-state index in [0.29, 0.717) is 12.6 Å². The highest BCUT2D eigenvalue weighted by Crippen LogP contribution is 2.17. The van der Waals surface area contributed by atoms with Crippen LogP contribution in [0.25, 0.3) is 0 Å². The van der Waals surface area contributed by atoms with Gasteiger partial charge in [-0.05, 0) is 25.9 Å². The number of anilines is 1. The molecule has 100 valence electrons. The third-order valence-corrected chi connectivity index (χ3v) is 3.44. The lowest BCUT2D eigenvalue weighted by molar-refractivity contribution is 0.181.